The van der Waals surface area contributed by atoms with Gasteiger partial charge < -0.3 is 5.32 Å². The van der Waals surface area contributed by atoms with E-state index in [-0.39, 0.29) is 0 Å². The molecule has 0 heterocycles. The van der Waals surface area contributed by atoms with E-state index in [2.05, 4.69) is 24.5 Å². The van der Waals surface area contributed by atoms with Crippen molar-refractivity contribution in [3.8, 4) is 0 Å². The predicted octanol–water partition coefficient (Wildman–Crippen LogP) is 4.96. The minimum absolute atomic E-state index is 0.477. The van der Waals surface area contributed by atoms with E-state index in [0.717, 1.165) is 10.9 Å². The normalized spacial score (nSPS) is 19.4. The monoisotopic (exact) mass is 265 g/mol. The molecule has 2 rings (SSSR count). The van der Waals surface area contributed by atoms with Gasteiger partial charge in [0, 0.05) is 11.1 Å². The number of hydrogen-bond donors (Lipinski definition) is 1. The zero-order valence-corrected chi connectivity index (χ0v) is 12.0. The van der Waals surface area contributed by atoms with Gasteiger partial charge in [0.15, 0.2) is 0 Å². The summed E-state index contributed by atoms with van der Waals surface area (Å²) in [6, 6.07) is 8.77. The molecular weight excluding hydrogens is 242 g/mol. The van der Waals surface area contributed by atoms with Crippen LogP contribution in [0.1, 0.15) is 56.6 Å². The predicted molar refractivity (Wildman–Crippen MR) is 79.1 cm³/mol. The molecule has 0 aromatic heterocycles. The first-order valence-corrected chi connectivity index (χ1v) is 7.60. The molecule has 1 unspecified atom stereocenters. The number of rotatable bonds is 4. The maximum Gasteiger partial charge on any atom is 0.0406 e. The van der Waals surface area contributed by atoms with Gasteiger partial charge in [0.05, 0.1) is 0 Å². The van der Waals surface area contributed by atoms with Crippen molar-refractivity contribution in [1.29, 1.82) is 0 Å². The lowest BCUT2D eigenvalue weighted by molar-refractivity contribution is 0.368. The van der Waals surface area contributed by atoms with E-state index in [0.29, 0.717) is 6.04 Å². The van der Waals surface area contributed by atoms with Crippen molar-refractivity contribution in [3.05, 3.63) is 34.9 Å². The molecule has 1 aliphatic rings. The number of nitrogens with one attached hydrogen (secondary N) is 1. The van der Waals surface area contributed by atoms with Crippen LogP contribution >= 0.6 is 11.6 Å². The quantitative estimate of drug-likeness (QED) is 0.759. The Labute approximate surface area is 116 Å². The summed E-state index contributed by atoms with van der Waals surface area (Å²) >= 11 is 5.95. The molecule has 0 amide bonds. The maximum absolute atomic E-state index is 5.95. The molecule has 1 fully saturated rings. The molecule has 1 nitrogen and oxygen atoms in total. The van der Waals surface area contributed by atoms with Crippen LogP contribution in [0.3, 0.4) is 0 Å². The molecule has 1 aliphatic carbocycles. The fourth-order valence-electron chi connectivity index (χ4n) is 3.05. The third-order valence-electron chi connectivity index (χ3n) is 4.16. The van der Waals surface area contributed by atoms with E-state index in [1.807, 2.05) is 12.1 Å². The molecule has 0 aliphatic heterocycles. The van der Waals surface area contributed by atoms with Gasteiger partial charge in [0.2, 0.25) is 0 Å². The Morgan fingerprint density at radius 1 is 1.11 bits per heavy atom. The molecular formula is C16H24ClN. The van der Waals surface area contributed by atoms with Gasteiger partial charge in [-0.15, -0.1) is 0 Å². The molecule has 2 heteroatoms. The van der Waals surface area contributed by atoms with E-state index in [4.69, 9.17) is 11.6 Å². The molecule has 0 spiro atoms. The van der Waals surface area contributed by atoms with Crippen LogP contribution in [0, 0.1) is 5.92 Å². The minimum atomic E-state index is 0.477. The fraction of sp³-hybridized carbons (Fsp3) is 0.625. The Morgan fingerprint density at radius 2 is 1.72 bits per heavy atom. The summed E-state index contributed by atoms with van der Waals surface area (Å²) < 4.78 is 0. The van der Waals surface area contributed by atoms with Gasteiger partial charge in [0.1, 0.15) is 0 Å². The summed E-state index contributed by atoms with van der Waals surface area (Å²) in [5.41, 5.74) is 1.37. The van der Waals surface area contributed by atoms with Gasteiger partial charge in [-0.25, -0.2) is 0 Å². The molecule has 1 saturated carbocycles. The summed E-state index contributed by atoms with van der Waals surface area (Å²) in [5, 5.41) is 4.28. The van der Waals surface area contributed by atoms with Crippen LogP contribution < -0.4 is 5.32 Å². The van der Waals surface area contributed by atoms with Crippen LogP contribution in [0.4, 0.5) is 0 Å². The average molecular weight is 266 g/mol. The van der Waals surface area contributed by atoms with Crippen molar-refractivity contribution in [1.82, 2.24) is 5.32 Å². The van der Waals surface area contributed by atoms with Crippen LogP contribution in [0.2, 0.25) is 5.02 Å². The highest BCUT2D eigenvalue weighted by Gasteiger charge is 2.18. The summed E-state index contributed by atoms with van der Waals surface area (Å²) in [6.07, 6.45) is 9.78. The van der Waals surface area contributed by atoms with Crippen LogP contribution in [0.15, 0.2) is 24.3 Å². The van der Waals surface area contributed by atoms with Crippen molar-refractivity contribution in [2.45, 2.75) is 51.0 Å². The molecule has 100 valence electrons. The van der Waals surface area contributed by atoms with Crippen LogP contribution in [0.5, 0.6) is 0 Å². The summed E-state index contributed by atoms with van der Waals surface area (Å²) in [6.45, 7) is 0. The van der Waals surface area contributed by atoms with E-state index < -0.39 is 0 Å². The lowest BCUT2D eigenvalue weighted by Crippen LogP contribution is -2.19. The first kappa shape index (κ1) is 13.9. The van der Waals surface area contributed by atoms with E-state index >= 15 is 0 Å². The third kappa shape index (κ3) is 4.00. The molecule has 0 saturated heterocycles. The standard InChI is InChI=1S/C16H24ClN/c1-18-16(14-8-10-15(17)11-9-14)12-13-6-4-2-3-5-7-13/h8-11,13,16,18H,2-7,12H2,1H3. The Hall–Kier alpha value is -0.530. The molecule has 1 atom stereocenters. The second-order valence-corrected chi connectivity index (χ2v) is 5.92. The highest BCUT2D eigenvalue weighted by Crippen LogP contribution is 2.31. The van der Waals surface area contributed by atoms with E-state index in [1.54, 1.807) is 0 Å². The lowest BCUT2D eigenvalue weighted by atomic mass is 9.89. The largest absolute Gasteiger partial charge is 0.313 e. The Morgan fingerprint density at radius 3 is 2.28 bits per heavy atom. The summed E-state index contributed by atoms with van der Waals surface area (Å²) in [7, 11) is 2.07. The molecule has 1 aromatic rings. The lowest BCUT2D eigenvalue weighted by Gasteiger charge is -2.22. The van der Waals surface area contributed by atoms with Crippen molar-refractivity contribution in [2.75, 3.05) is 7.05 Å². The third-order valence-corrected chi connectivity index (χ3v) is 4.42. The van der Waals surface area contributed by atoms with Gasteiger partial charge in [-0.05, 0) is 37.1 Å². The molecule has 0 bridgehead atoms. The second-order valence-electron chi connectivity index (χ2n) is 5.49. The second kappa shape index (κ2) is 7.16. The van der Waals surface area contributed by atoms with E-state index in [1.165, 1.54) is 50.5 Å². The van der Waals surface area contributed by atoms with Crippen molar-refractivity contribution < 1.29 is 0 Å². The molecule has 0 radical (unpaired) electrons. The number of halogens is 1. The van der Waals surface area contributed by atoms with Gasteiger partial charge >= 0.3 is 0 Å². The van der Waals surface area contributed by atoms with Crippen molar-refractivity contribution in [3.63, 3.8) is 0 Å². The molecule has 18 heavy (non-hydrogen) atoms. The zero-order chi connectivity index (χ0) is 12.8. The Balaban J connectivity index is 1.97. The highest BCUT2D eigenvalue weighted by atomic mass is 35.5. The van der Waals surface area contributed by atoms with Crippen LogP contribution in [0.25, 0.3) is 0 Å². The average Bonchev–Trinajstić information content (AvgIpc) is 2.66. The van der Waals surface area contributed by atoms with E-state index in [9.17, 15) is 0 Å². The first-order chi connectivity index (χ1) is 8.79. The smallest absolute Gasteiger partial charge is 0.0406 e. The first-order valence-electron chi connectivity index (χ1n) is 7.22. The summed E-state index contributed by atoms with van der Waals surface area (Å²) in [5.74, 6) is 0.889. The van der Waals surface area contributed by atoms with Gasteiger partial charge in [-0.3, -0.25) is 0 Å². The Kier molecular flexibility index (Phi) is 5.52. The molecule has 1 N–H and O–H groups in total. The number of benzene rings is 1. The van der Waals surface area contributed by atoms with Gasteiger partial charge in [-0.2, -0.15) is 0 Å². The topological polar surface area (TPSA) is 12.0 Å². The highest BCUT2D eigenvalue weighted by molar-refractivity contribution is 6.30. The maximum atomic E-state index is 5.95. The Bertz CT molecular complexity index is 339. The van der Waals surface area contributed by atoms with Gasteiger partial charge in [0.25, 0.3) is 0 Å². The fourth-order valence-corrected chi connectivity index (χ4v) is 3.17. The molecule has 1 aromatic carbocycles. The summed E-state index contributed by atoms with van der Waals surface area (Å²) in [4.78, 5) is 0. The van der Waals surface area contributed by atoms with Crippen LogP contribution in [-0.4, -0.2) is 7.05 Å². The number of hydrogen-bond acceptors (Lipinski definition) is 1. The minimum Gasteiger partial charge on any atom is -0.313 e. The van der Waals surface area contributed by atoms with Crippen molar-refractivity contribution in [2.24, 2.45) is 5.92 Å². The SMILES string of the molecule is CNC(CC1CCCCCC1)c1ccc(Cl)cc1. The van der Waals surface area contributed by atoms with Crippen molar-refractivity contribution >= 4 is 11.6 Å². The van der Waals surface area contributed by atoms with Crippen LogP contribution in [-0.2, 0) is 0 Å². The van der Waals surface area contributed by atoms with Gasteiger partial charge in [-0.1, -0.05) is 62.3 Å². The zero-order valence-electron chi connectivity index (χ0n) is 11.3.